The number of aryl methyl sites for hydroxylation is 2. The van der Waals surface area contributed by atoms with Crippen LogP contribution in [0.15, 0.2) is 30.5 Å². The first-order chi connectivity index (χ1) is 7.29. The predicted octanol–water partition coefficient (Wildman–Crippen LogP) is 2.86. The van der Waals surface area contributed by atoms with E-state index < -0.39 is 0 Å². The van der Waals surface area contributed by atoms with E-state index in [2.05, 4.69) is 53.8 Å². The van der Waals surface area contributed by atoms with Crippen molar-refractivity contribution in [3.05, 3.63) is 41.9 Å². The van der Waals surface area contributed by atoms with Gasteiger partial charge in [-0.1, -0.05) is 29.8 Å². The molecular formula is C12H14N2S. The minimum absolute atomic E-state index is 0.820. The minimum atomic E-state index is 0.820. The Labute approximate surface area is 95.2 Å². The highest BCUT2D eigenvalue weighted by molar-refractivity contribution is 7.80. The molecule has 0 amide bonds. The van der Waals surface area contributed by atoms with Crippen LogP contribution in [0.3, 0.4) is 0 Å². The van der Waals surface area contributed by atoms with E-state index in [0.717, 1.165) is 23.7 Å². The fourth-order valence-corrected chi connectivity index (χ4v) is 1.69. The summed E-state index contributed by atoms with van der Waals surface area (Å²) >= 11 is 4.18. The number of aromatic amines is 1. The Balaban J connectivity index is 2.25. The van der Waals surface area contributed by atoms with Crippen LogP contribution >= 0.6 is 12.6 Å². The first-order valence-corrected chi connectivity index (χ1v) is 5.64. The molecule has 0 saturated heterocycles. The summed E-state index contributed by atoms with van der Waals surface area (Å²) in [5, 5.41) is 0. The SMILES string of the molecule is Cc1ccc(-c2cnc(CCS)[nH]2)cc1. The van der Waals surface area contributed by atoms with E-state index in [4.69, 9.17) is 0 Å². The summed E-state index contributed by atoms with van der Waals surface area (Å²) in [6, 6.07) is 8.42. The summed E-state index contributed by atoms with van der Waals surface area (Å²) < 4.78 is 0. The first-order valence-electron chi connectivity index (χ1n) is 5.01. The Morgan fingerprint density at radius 2 is 2.00 bits per heavy atom. The van der Waals surface area contributed by atoms with Gasteiger partial charge in [-0.15, -0.1) is 0 Å². The zero-order valence-electron chi connectivity index (χ0n) is 8.70. The predicted molar refractivity (Wildman–Crippen MR) is 66.3 cm³/mol. The molecule has 1 aromatic carbocycles. The molecule has 2 aromatic rings. The van der Waals surface area contributed by atoms with E-state index >= 15 is 0 Å². The van der Waals surface area contributed by atoms with Crippen molar-refractivity contribution >= 4 is 12.6 Å². The molecular weight excluding hydrogens is 204 g/mol. The second-order valence-electron chi connectivity index (χ2n) is 3.58. The van der Waals surface area contributed by atoms with Gasteiger partial charge >= 0.3 is 0 Å². The lowest BCUT2D eigenvalue weighted by Gasteiger charge is -1.97. The van der Waals surface area contributed by atoms with Crippen LogP contribution in [0.25, 0.3) is 11.3 Å². The lowest BCUT2D eigenvalue weighted by molar-refractivity contribution is 1.00. The molecule has 15 heavy (non-hydrogen) atoms. The van der Waals surface area contributed by atoms with Gasteiger partial charge in [0.2, 0.25) is 0 Å². The molecule has 0 atom stereocenters. The maximum Gasteiger partial charge on any atom is 0.107 e. The standard InChI is InChI=1S/C12H14N2S/c1-9-2-4-10(5-3-9)11-8-13-12(14-11)6-7-15/h2-5,8,15H,6-7H2,1H3,(H,13,14). The van der Waals surface area contributed by atoms with E-state index in [0.29, 0.717) is 0 Å². The van der Waals surface area contributed by atoms with Crippen molar-refractivity contribution in [3.8, 4) is 11.3 Å². The van der Waals surface area contributed by atoms with Crippen LogP contribution in [0.1, 0.15) is 11.4 Å². The zero-order chi connectivity index (χ0) is 10.7. The number of benzene rings is 1. The maximum absolute atomic E-state index is 4.30. The summed E-state index contributed by atoms with van der Waals surface area (Å²) in [5.74, 6) is 1.82. The smallest absolute Gasteiger partial charge is 0.107 e. The largest absolute Gasteiger partial charge is 0.342 e. The molecule has 1 aromatic heterocycles. The van der Waals surface area contributed by atoms with Gasteiger partial charge in [0.15, 0.2) is 0 Å². The van der Waals surface area contributed by atoms with Gasteiger partial charge in [-0.25, -0.2) is 4.98 Å². The first kappa shape index (κ1) is 10.3. The normalized spacial score (nSPS) is 10.5. The molecule has 0 aliphatic heterocycles. The van der Waals surface area contributed by atoms with Crippen LogP contribution in [0.2, 0.25) is 0 Å². The summed E-state index contributed by atoms with van der Waals surface area (Å²) in [6.45, 7) is 2.09. The number of aromatic nitrogens is 2. The van der Waals surface area contributed by atoms with E-state index in [1.165, 1.54) is 11.1 Å². The van der Waals surface area contributed by atoms with Gasteiger partial charge in [0.25, 0.3) is 0 Å². The van der Waals surface area contributed by atoms with Crippen molar-refractivity contribution in [1.29, 1.82) is 0 Å². The van der Waals surface area contributed by atoms with Gasteiger partial charge in [0.1, 0.15) is 5.82 Å². The number of thiol groups is 1. The molecule has 0 bridgehead atoms. The third-order valence-corrected chi connectivity index (χ3v) is 2.56. The van der Waals surface area contributed by atoms with Crippen LogP contribution in [-0.2, 0) is 6.42 Å². The highest BCUT2D eigenvalue weighted by Crippen LogP contribution is 2.17. The average Bonchev–Trinajstić information content (AvgIpc) is 2.68. The molecule has 0 fully saturated rings. The lowest BCUT2D eigenvalue weighted by Crippen LogP contribution is -1.88. The van der Waals surface area contributed by atoms with Crippen molar-refractivity contribution in [2.24, 2.45) is 0 Å². The van der Waals surface area contributed by atoms with E-state index in [9.17, 15) is 0 Å². The number of imidazole rings is 1. The molecule has 3 heteroatoms. The molecule has 1 N–H and O–H groups in total. The van der Waals surface area contributed by atoms with Gasteiger partial charge in [-0.2, -0.15) is 12.6 Å². The second kappa shape index (κ2) is 4.53. The van der Waals surface area contributed by atoms with E-state index in [1.54, 1.807) is 0 Å². The number of hydrogen-bond acceptors (Lipinski definition) is 2. The summed E-state index contributed by atoms with van der Waals surface area (Å²) in [5.41, 5.74) is 3.53. The maximum atomic E-state index is 4.30. The Morgan fingerprint density at radius 3 is 2.67 bits per heavy atom. The number of nitrogens with zero attached hydrogens (tertiary/aromatic N) is 1. The molecule has 0 aliphatic rings. The average molecular weight is 218 g/mol. The quantitative estimate of drug-likeness (QED) is 0.762. The number of nitrogens with one attached hydrogen (secondary N) is 1. The summed E-state index contributed by atoms with van der Waals surface area (Å²) in [7, 11) is 0. The highest BCUT2D eigenvalue weighted by Gasteiger charge is 2.01. The molecule has 78 valence electrons. The summed E-state index contributed by atoms with van der Waals surface area (Å²) in [6.07, 6.45) is 2.76. The molecule has 0 unspecified atom stereocenters. The molecule has 1 heterocycles. The van der Waals surface area contributed by atoms with Gasteiger partial charge in [0, 0.05) is 6.42 Å². The van der Waals surface area contributed by atoms with Crippen LogP contribution in [0, 0.1) is 6.92 Å². The Bertz CT molecular complexity index is 431. The van der Waals surface area contributed by atoms with Crippen molar-refractivity contribution in [1.82, 2.24) is 9.97 Å². The number of H-pyrrole nitrogens is 1. The van der Waals surface area contributed by atoms with Crippen molar-refractivity contribution in [2.75, 3.05) is 5.75 Å². The van der Waals surface area contributed by atoms with Crippen molar-refractivity contribution in [2.45, 2.75) is 13.3 Å². The molecule has 0 saturated carbocycles. The van der Waals surface area contributed by atoms with Gasteiger partial charge in [-0.3, -0.25) is 0 Å². The van der Waals surface area contributed by atoms with Crippen LogP contribution < -0.4 is 0 Å². The highest BCUT2D eigenvalue weighted by atomic mass is 32.1. The van der Waals surface area contributed by atoms with E-state index in [-0.39, 0.29) is 0 Å². The second-order valence-corrected chi connectivity index (χ2v) is 4.03. The van der Waals surface area contributed by atoms with Crippen molar-refractivity contribution in [3.63, 3.8) is 0 Å². The fourth-order valence-electron chi connectivity index (χ4n) is 1.48. The van der Waals surface area contributed by atoms with Crippen molar-refractivity contribution < 1.29 is 0 Å². The monoisotopic (exact) mass is 218 g/mol. The molecule has 0 spiro atoms. The van der Waals surface area contributed by atoms with Crippen LogP contribution in [0.4, 0.5) is 0 Å². The van der Waals surface area contributed by atoms with Crippen LogP contribution in [0.5, 0.6) is 0 Å². The topological polar surface area (TPSA) is 28.7 Å². The lowest BCUT2D eigenvalue weighted by atomic mass is 10.1. The fraction of sp³-hybridized carbons (Fsp3) is 0.250. The molecule has 0 radical (unpaired) electrons. The van der Waals surface area contributed by atoms with E-state index in [1.807, 2.05) is 6.20 Å². The molecule has 0 aliphatic carbocycles. The van der Waals surface area contributed by atoms with Crippen LogP contribution in [-0.4, -0.2) is 15.7 Å². The van der Waals surface area contributed by atoms with Gasteiger partial charge in [-0.05, 0) is 18.2 Å². The zero-order valence-corrected chi connectivity index (χ0v) is 9.59. The minimum Gasteiger partial charge on any atom is -0.342 e. The molecule has 2 nitrogen and oxygen atoms in total. The Hall–Kier alpha value is -1.22. The van der Waals surface area contributed by atoms with Gasteiger partial charge in [0.05, 0.1) is 11.9 Å². The number of rotatable bonds is 3. The molecule has 2 rings (SSSR count). The third-order valence-electron chi connectivity index (χ3n) is 2.34. The Morgan fingerprint density at radius 1 is 1.27 bits per heavy atom. The number of hydrogen-bond donors (Lipinski definition) is 2. The Kier molecular flexibility index (Phi) is 3.11. The summed E-state index contributed by atoms with van der Waals surface area (Å²) in [4.78, 5) is 7.59. The third kappa shape index (κ3) is 2.42. The van der Waals surface area contributed by atoms with Gasteiger partial charge < -0.3 is 4.98 Å².